The lowest BCUT2D eigenvalue weighted by atomic mass is 10.0. The van der Waals surface area contributed by atoms with E-state index in [0.29, 0.717) is 18.2 Å². The van der Waals surface area contributed by atoms with E-state index in [4.69, 9.17) is 0 Å². The van der Waals surface area contributed by atoms with Gasteiger partial charge in [0.1, 0.15) is 5.71 Å². The third kappa shape index (κ3) is 1.72. The largest absolute Gasteiger partial charge is 0.354 e. The van der Waals surface area contributed by atoms with E-state index in [1.54, 1.807) is 7.05 Å². The number of carbonyl (C=O) groups excluding carboxylic acids is 1. The molecular formula is C9H14N2O. The second-order valence-corrected chi connectivity index (χ2v) is 3.15. The number of nitrogens with zero attached hydrogens (tertiary/aromatic N) is 1. The van der Waals surface area contributed by atoms with Crippen molar-refractivity contribution in [2.75, 3.05) is 13.6 Å². The fourth-order valence-corrected chi connectivity index (χ4v) is 1.06. The van der Waals surface area contributed by atoms with Crippen LogP contribution in [0, 0.1) is 5.92 Å². The lowest BCUT2D eigenvalue weighted by molar-refractivity contribution is -0.114. The Hall–Kier alpha value is -1.12. The molecule has 1 rings (SSSR count). The molecule has 0 saturated carbocycles. The summed E-state index contributed by atoms with van der Waals surface area (Å²) in [6, 6.07) is 0. The Morgan fingerprint density at radius 2 is 2.33 bits per heavy atom. The van der Waals surface area contributed by atoms with Crippen LogP contribution in [0.3, 0.4) is 0 Å². The summed E-state index contributed by atoms with van der Waals surface area (Å²) in [6.07, 6.45) is 1.88. The van der Waals surface area contributed by atoms with E-state index in [2.05, 4.69) is 24.2 Å². The summed E-state index contributed by atoms with van der Waals surface area (Å²) in [5.74, 6) is 0.390. The molecule has 0 unspecified atom stereocenters. The summed E-state index contributed by atoms with van der Waals surface area (Å²) >= 11 is 0. The van der Waals surface area contributed by atoms with Crippen LogP contribution >= 0.6 is 0 Å². The molecule has 0 aromatic carbocycles. The summed E-state index contributed by atoms with van der Waals surface area (Å²) in [5.41, 5.74) is 1.79. The van der Waals surface area contributed by atoms with E-state index in [0.717, 1.165) is 0 Å². The number of carbonyl (C=O) groups is 1. The summed E-state index contributed by atoms with van der Waals surface area (Å²) in [4.78, 5) is 15.2. The maximum Gasteiger partial charge on any atom is 0.269 e. The molecule has 0 spiro atoms. The molecule has 0 radical (unpaired) electrons. The van der Waals surface area contributed by atoms with Crippen molar-refractivity contribution in [3.05, 3.63) is 11.6 Å². The number of hydrogen-bond donors (Lipinski definition) is 1. The number of nitrogens with one attached hydrogen (secondary N) is 1. The van der Waals surface area contributed by atoms with Crippen molar-refractivity contribution in [3.8, 4) is 0 Å². The van der Waals surface area contributed by atoms with Gasteiger partial charge in [-0.05, 0) is 17.6 Å². The maximum absolute atomic E-state index is 11.1. The van der Waals surface area contributed by atoms with Crippen molar-refractivity contribution in [1.29, 1.82) is 0 Å². The molecule has 0 aliphatic carbocycles. The van der Waals surface area contributed by atoms with Gasteiger partial charge in [0.25, 0.3) is 5.91 Å². The Bertz CT molecular complexity index is 251. The molecular weight excluding hydrogens is 152 g/mol. The molecule has 0 saturated heterocycles. The summed E-state index contributed by atoms with van der Waals surface area (Å²) < 4.78 is 0. The molecule has 12 heavy (non-hydrogen) atoms. The number of hydrogen-bond acceptors (Lipinski definition) is 2. The number of amides is 1. The summed E-state index contributed by atoms with van der Waals surface area (Å²) in [7, 11) is 1.62. The molecule has 0 aromatic rings. The summed E-state index contributed by atoms with van der Waals surface area (Å²) in [5, 5.41) is 2.55. The van der Waals surface area contributed by atoms with E-state index in [-0.39, 0.29) is 5.91 Å². The lowest BCUT2D eigenvalue weighted by Gasteiger charge is -2.01. The molecule has 1 N–H and O–H groups in total. The lowest BCUT2D eigenvalue weighted by Crippen LogP contribution is -2.25. The summed E-state index contributed by atoms with van der Waals surface area (Å²) in [6.45, 7) is 4.89. The normalized spacial score (nSPS) is 16.0. The molecule has 0 bridgehead atoms. The minimum atomic E-state index is -0.0920. The molecule has 0 fully saturated rings. The molecule has 66 valence electrons. The highest BCUT2D eigenvalue weighted by molar-refractivity contribution is 6.44. The molecule has 3 heteroatoms. The predicted octanol–water partition coefficient (Wildman–Crippen LogP) is 0.769. The number of rotatable bonds is 2. The van der Waals surface area contributed by atoms with Gasteiger partial charge in [-0.3, -0.25) is 9.79 Å². The minimum absolute atomic E-state index is 0.0920. The molecule has 0 atom stereocenters. The average molecular weight is 166 g/mol. The van der Waals surface area contributed by atoms with Crippen molar-refractivity contribution in [2.45, 2.75) is 13.8 Å². The smallest absolute Gasteiger partial charge is 0.269 e. The van der Waals surface area contributed by atoms with Gasteiger partial charge in [0, 0.05) is 7.05 Å². The van der Waals surface area contributed by atoms with E-state index in [1.807, 2.05) is 6.08 Å². The fraction of sp³-hybridized carbons (Fsp3) is 0.556. The van der Waals surface area contributed by atoms with Gasteiger partial charge in [0.15, 0.2) is 0 Å². The van der Waals surface area contributed by atoms with Gasteiger partial charge in [-0.2, -0.15) is 0 Å². The topological polar surface area (TPSA) is 41.5 Å². The van der Waals surface area contributed by atoms with Crippen molar-refractivity contribution >= 4 is 11.6 Å². The van der Waals surface area contributed by atoms with Crippen LogP contribution in [0.15, 0.2) is 16.6 Å². The fourth-order valence-electron chi connectivity index (χ4n) is 1.06. The third-order valence-electron chi connectivity index (χ3n) is 1.96. The van der Waals surface area contributed by atoms with Crippen LogP contribution in [0.2, 0.25) is 0 Å². The first-order valence-electron chi connectivity index (χ1n) is 4.12. The molecule has 1 heterocycles. The molecule has 1 aliphatic rings. The van der Waals surface area contributed by atoms with Crippen molar-refractivity contribution < 1.29 is 4.79 Å². The maximum atomic E-state index is 11.1. The number of aliphatic imine (C=N–C) groups is 1. The van der Waals surface area contributed by atoms with E-state index < -0.39 is 0 Å². The second kappa shape index (κ2) is 3.52. The zero-order chi connectivity index (χ0) is 9.14. The van der Waals surface area contributed by atoms with Gasteiger partial charge in [0.2, 0.25) is 0 Å². The van der Waals surface area contributed by atoms with Crippen LogP contribution in [0.5, 0.6) is 0 Å². The highest BCUT2D eigenvalue weighted by Crippen LogP contribution is 2.14. The molecule has 1 amide bonds. The Morgan fingerprint density at radius 3 is 2.75 bits per heavy atom. The monoisotopic (exact) mass is 166 g/mol. The highest BCUT2D eigenvalue weighted by atomic mass is 16.1. The van der Waals surface area contributed by atoms with Gasteiger partial charge < -0.3 is 5.32 Å². The first-order valence-corrected chi connectivity index (χ1v) is 4.12. The second-order valence-electron chi connectivity index (χ2n) is 3.15. The quantitative estimate of drug-likeness (QED) is 0.646. The van der Waals surface area contributed by atoms with E-state index >= 15 is 0 Å². The van der Waals surface area contributed by atoms with Crippen LogP contribution in [0.25, 0.3) is 0 Å². The van der Waals surface area contributed by atoms with Gasteiger partial charge in [0.05, 0.1) is 6.54 Å². The van der Waals surface area contributed by atoms with Crippen LogP contribution in [-0.4, -0.2) is 25.2 Å². The minimum Gasteiger partial charge on any atom is -0.354 e. The predicted molar refractivity (Wildman–Crippen MR) is 49.3 cm³/mol. The first kappa shape index (κ1) is 8.97. The molecule has 3 nitrogen and oxygen atoms in total. The van der Waals surface area contributed by atoms with Crippen LogP contribution < -0.4 is 5.32 Å². The highest BCUT2D eigenvalue weighted by Gasteiger charge is 2.15. The Balaban J connectivity index is 2.67. The Labute approximate surface area is 72.6 Å². The zero-order valence-corrected chi connectivity index (χ0v) is 7.72. The van der Waals surface area contributed by atoms with E-state index in [9.17, 15) is 4.79 Å². The van der Waals surface area contributed by atoms with Crippen molar-refractivity contribution in [2.24, 2.45) is 10.9 Å². The SMILES string of the molecule is CNC(=O)C1=NCC(C(C)C)=C1. The van der Waals surface area contributed by atoms with Crippen LogP contribution in [0.4, 0.5) is 0 Å². The van der Waals surface area contributed by atoms with Gasteiger partial charge >= 0.3 is 0 Å². The van der Waals surface area contributed by atoms with Gasteiger partial charge in [-0.1, -0.05) is 13.8 Å². The van der Waals surface area contributed by atoms with Crippen LogP contribution in [-0.2, 0) is 4.79 Å². The first-order chi connectivity index (χ1) is 5.65. The zero-order valence-electron chi connectivity index (χ0n) is 7.72. The van der Waals surface area contributed by atoms with E-state index in [1.165, 1.54) is 5.57 Å². The Kier molecular flexibility index (Phi) is 2.63. The third-order valence-corrected chi connectivity index (χ3v) is 1.96. The van der Waals surface area contributed by atoms with Crippen molar-refractivity contribution in [3.63, 3.8) is 0 Å². The van der Waals surface area contributed by atoms with Gasteiger partial charge in [-0.25, -0.2) is 0 Å². The van der Waals surface area contributed by atoms with Crippen molar-refractivity contribution in [1.82, 2.24) is 5.32 Å². The molecule has 0 aromatic heterocycles. The average Bonchev–Trinajstić information content (AvgIpc) is 2.51. The van der Waals surface area contributed by atoms with Crippen LogP contribution in [0.1, 0.15) is 13.8 Å². The standard InChI is InChI=1S/C9H14N2O/c1-6(2)7-4-8(11-5-7)9(12)10-3/h4,6H,5H2,1-3H3,(H,10,12). The molecule has 1 aliphatic heterocycles. The Morgan fingerprint density at radius 1 is 1.67 bits per heavy atom. The van der Waals surface area contributed by atoms with Gasteiger partial charge in [-0.15, -0.1) is 0 Å².